The summed E-state index contributed by atoms with van der Waals surface area (Å²) in [5.74, 6) is -0.517. The van der Waals surface area contributed by atoms with Crippen LogP contribution >= 0.6 is 0 Å². The van der Waals surface area contributed by atoms with Crippen molar-refractivity contribution in [1.29, 1.82) is 0 Å². The molecule has 2 rings (SSSR count). The Morgan fingerprint density at radius 3 is 2.11 bits per heavy atom. The Bertz CT molecular complexity index is 898. The minimum Gasteiger partial charge on any atom is -0.354 e. The van der Waals surface area contributed by atoms with Crippen molar-refractivity contribution in [2.24, 2.45) is 0 Å². The molecule has 2 aromatic carbocycles. The SMILES string of the molecule is O=C(CCNS(=O)(=O)/C=C\c1ccccc1)NCCNC(=O)c1ccccc1. The highest BCUT2D eigenvalue weighted by molar-refractivity contribution is 7.92. The molecule has 0 atom stereocenters. The van der Waals surface area contributed by atoms with Gasteiger partial charge < -0.3 is 10.6 Å². The van der Waals surface area contributed by atoms with E-state index in [1.54, 1.807) is 36.4 Å². The molecule has 0 spiro atoms. The Labute approximate surface area is 164 Å². The average Bonchev–Trinajstić information content (AvgIpc) is 2.71. The lowest BCUT2D eigenvalue weighted by molar-refractivity contribution is -0.120. The molecule has 7 nitrogen and oxygen atoms in total. The van der Waals surface area contributed by atoms with E-state index < -0.39 is 10.0 Å². The molecule has 0 saturated carbocycles. The van der Waals surface area contributed by atoms with Crippen molar-refractivity contribution in [3.05, 3.63) is 77.2 Å². The van der Waals surface area contributed by atoms with Gasteiger partial charge in [-0.1, -0.05) is 48.5 Å². The number of benzene rings is 2. The van der Waals surface area contributed by atoms with Gasteiger partial charge in [0.15, 0.2) is 0 Å². The normalized spacial score (nSPS) is 11.3. The fourth-order valence-electron chi connectivity index (χ4n) is 2.25. The van der Waals surface area contributed by atoms with E-state index in [2.05, 4.69) is 15.4 Å². The maximum absolute atomic E-state index is 11.9. The van der Waals surface area contributed by atoms with Crippen LogP contribution in [0.1, 0.15) is 22.3 Å². The second-order valence-electron chi connectivity index (χ2n) is 5.87. The number of nitrogens with one attached hydrogen (secondary N) is 3. The average molecular weight is 401 g/mol. The molecular formula is C20H23N3O4S. The Morgan fingerprint density at radius 2 is 1.43 bits per heavy atom. The molecule has 0 fully saturated rings. The van der Waals surface area contributed by atoms with Crippen LogP contribution in [0, 0.1) is 0 Å². The van der Waals surface area contributed by atoms with E-state index >= 15 is 0 Å². The van der Waals surface area contributed by atoms with Crippen molar-refractivity contribution in [3.8, 4) is 0 Å². The summed E-state index contributed by atoms with van der Waals surface area (Å²) >= 11 is 0. The van der Waals surface area contributed by atoms with Crippen molar-refractivity contribution >= 4 is 27.9 Å². The molecule has 0 heterocycles. The monoisotopic (exact) mass is 401 g/mol. The first-order valence-corrected chi connectivity index (χ1v) is 10.3. The molecular weight excluding hydrogens is 378 g/mol. The molecule has 28 heavy (non-hydrogen) atoms. The zero-order chi connectivity index (χ0) is 20.2. The highest BCUT2D eigenvalue weighted by Gasteiger charge is 2.07. The Balaban J connectivity index is 1.61. The minimum atomic E-state index is -3.61. The standard InChI is InChI=1S/C20H23N3O4S/c24-19(21-14-15-22-20(25)18-9-5-2-6-10-18)11-13-23-28(26,27)16-12-17-7-3-1-4-8-17/h1-10,12,16,23H,11,13-15H2,(H,21,24)(H,22,25)/b16-12-. The topological polar surface area (TPSA) is 104 Å². The van der Waals surface area contributed by atoms with Crippen LogP contribution in [0.4, 0.5) is 0 Å². The van der Waals surface area contributed by atoms with Gasteiger partial charge in [-0.3, -0.25) is 9.59 Å². The first-order chi connectivity index (χ1) is 13.5. The lowest BCUT2D eigenvalue weighted by Crippen LogP contribution is -2.36. The maximum Gasteiger partial charge on any atom is 0.251 e. The van der Waals surface area contributed by atoms with Gasteiger partial charge in [0.05, 0.1) is 0 Å². The number of amides is 2. The van der Waals surface area contributed by atoms with E-state index in [4.69, 9.17) is 0 Å². The van der Waals surface area contributed by atoms with Gasteiger partial charge >= 0.3 is 0 Å². The van der Waals surface area contributed by atoms with Crippen molar-refractivity contribution in [1.82, 2.24) is 15.4 Å². The molecule has 0 aromatic heterocycles. The van der Waals surface area contributed by atoms with Crippen molar-refractivity contribution < 1.29 is 18.0 Å². The van der Waals surface area contributed by atoms with E-state index in [0.717, 1.165) is 11.0 Å². The number of hydrogen-bond donors (Lipinski definition) is 3. The predicted molar refractivity (Wildman–Crippen MR) is 109 cm³/mol. The van der Waals surface area contributed by atoms with Crippen molar-refractivity contribution in [2.45, 2.75) is 6.42 Å². The minimum absolute atomic E-state index is 0.00500. The molecule has 0 unspecified atom stereocenters. The second-order valence-corrected chi connectivity index (χ2v) is 7.53. The Kier molecular flexibility index (Phi) is 8.38. The van der Waals surface area contributed by atoms with Crippen LogP contribution in [0.3, 0.4) is 0 Å². The zero-order valence-electron chi connectivity index (χ0n) is 15.3. The number of carbonyl (C=O) groups excluding carboxylic acids is 2. The number of hydrogen-bond acceptors (Lipinski definition) is 4. The quantitative estimate of drug-likeness (QED) is 0.525. The van der Waals surface area contributed by atoms with Crippen molar-refractivity contribution in [3.63, 3.8) is 0 Å². The summed E-state index contributed by atoms with van der Waals surface area (Å²) in [6, 6.07) is 17.8. The molecule has 148 valence electrons. The van der Waals surface area contributed by atoms with Crippen LogP contribution in [0.15, 0.2) is 66.1 Å². The predicted octanol–water partition coefficient (Wildman–Crippen LogP) is 1.51. The Morgan fingerprint density at radius 1 is 0.821 bits per heavy atom. The largest absolute Gasteiger partial charge is 0.354 e. The van der Waals surface area contributed by atoms with Crippen LogP contribution in [0.5, 0.6) is 0 Å². The van der Waals surface area contributed by atoms with Gasteiger partial charge in [-0.2, -0.15) is 0 Å². The van der Waals surface area contributed by atoms with Crippen molar-refractivity contribution in [2.75, 3.05) is 19.6 Å². The molecule has 0 radical (unpaired) electrons. The zero-order valence-corrected chi connectivity index (χ0v) is 16.1. The fourth-order valence-corrected chi connectivity index (χ4v) is 3.06. The summed E-state index contributed by atoms with van der Waals surface area (Å²) in [7, 11) is -3.61. The lowest BCUT2D eigenvalue weighted by Gasteiger charge is -2.07. The lowest BCUT2D eigenvalue weighted by atomic mass is 10.2. The molecule has 0 aliphatic rings. The van der Waals surface area contributed by atoms with Gasteiger partial charge in [0.25, 0.3) is 5.91 Å². The van der Waals surface area contributed by atoms with Gasteiger partial charge in [-0.05, 0) is 23.8 Å². The second kappa shape index (κ2) is 11.0. The van der Waals surface area contributed by atoms with Crippen LogP contribution < -0.4 is 15.4 Å². The van der Waals surface area contributed by atoms with E-state index in [1.807, 2.05) is 24.3 Å². The third kappa shape index (κ3) is 8.15. The van der Waals surface area contributed by atoms with Crippen LogP contribution in [0.25, 0.3) is 6.08 Å². The summed E-state index contributed by atoms with van der Waals surface area (Å²) in [4.78, 5) is 23.6. The molecule has 2 aromatic rings. The van der Waals surface area contributed by atoms with Gasteiger partial charge in [-0.25, -0.2) is 13.1 Å². The summed E-state index contributed by atoms with van der Waals surface area (Å²) < 4.78 is 26.1. The summed E-state index contributed by atoms with van der Waals surface area (Å²) in [5, 5.41) is 6.39. The maximum atomic E-state index is 11.9. The highest BCUT2D eigenvalue weighted by atomic mass is 32.2. The van der Waals surface area contributed by atoms with Gasteiger partial charge in [0, 0.05) is 37.0 Å². The number of sulfonamides is 1. The molecule has 3 N–H and O–H groups in total. The van der Waals surface area contributed by atoms with E-state index in [9.17, 15) is 18.0 Å². The summed E-state index contributed by atoms with van der Waals surface area (Å²) in [5.41, 5.74) is 1.31. The molecule has 0 aliphatic carbocycles. The van der Waals surface area contributed by atoms with E-state index in [-0.39, 0.29) is 37.9 Å². The molecule has 2 amide bonds. The number of rotatable bonds is 10. The van der Waals surface area contributed by atoms with E-state index in [0.29, 0.717) is 5.56 Å². The summed E-state index contributed by atoms with van der Waals surface area (Å²) in [6.45, 7) is 0.534. The van der Waals surface area contributed by atoms with Crippen LogP contribution in [0.2, 0.25) is 0 Å². The number of carbonyl (C=O) groups is 2. The van der Waals surface area contributed by atoms with Gasteiger partial charge in [-0.15, -0.1) is 0 Å². The smallest absolute Gasteiger partial charge is 0.251 e. The molecule has 0 aliphatic heterocycles. The third-order valence-corrected chi connectivity index (χ3v) is 4.76. The third-order valence-electron chi connectivity index (χ3n) is 3.66. The van der Waals surface area contributed by atoms with Gasteiger partial charge in [0.1, 0.15) is 0 Å². The first kappa shape index (κ1) is 21.3. The van der Waals surface area contributed by atoms with E-state index in [1.165, 1.54) is 6.08 Å². The molecule has 0 bridgehead atoms. The summed E-state index contributed by atoms with van der Waals surface area (Å²) in [6.07, 6.45) is 1.49. The fraction of sp³-hybridized carbons (Fsp3) is 0.200. The first-order valence-electron chi connectivity index (χ1n) is 8.79. The van der Waals surface area contributed by atoms with Gasteiger partial charge in [0.2, 0.25) is 15.9 Å². The molecule has 8 heteroatoms. The Hall–Kier alpha value is -2.97. The highest BCUT2D eigenvalue weighted by Crippen LogP contribution is 2.02. The molecule has 0 saturated heterocycles. The van der Waals surface area contributed by atoms with Crippen LogP contribution in [-0.4, -0.2) is 39.9 Å². The van der Waals surface area contributed by atoms with Crippen LogP contribution in [-0.2, 0) is 14.8 Å².